The van der Waals surface area contributed by atoms with E-state index in [0.717, 1.165) is 19.4 Å². The summed E-state index contributed by atoms with van der Waals surface area (Å²) in [6.45, 7) is 8.40. The Bertz CT molecular complexity index is 888. The second-order valence-corrected chi connectivity index (χ2v) is 11.2. The van der Waals surface area contributed by atoms with E-state index in [2.05, 4.69) is 4.90 Å². The number of carbonyl (C=O) groups excluding carboxylic acids is 1. The van der Waals surface area contributed by atoms with Gasteiger partial charge in [0.2, 0.25) is 15.9 Å². The Balaban J connectivity index is 1.43. The topological polar surface area (TPSA) is 70.2 Å². The molecule has 4 rings (SSSR count). The van der Waals surface area contributed by atoms with Gasteiger partial charge in [-0.05, 0) is 69.8 Å². The van der Waals surface area contributed by atoms with Gasteiger partial charge in [0, 0.05) is 26.6 Å². The van der Waals surface area contributed by atoms with Crippen LogP contribution in [0.3, 0.4) is 0 Å². The summed E-state index contributed by atoms with van der Waals surface area (Å²) < 4.78 is 34.1. The number of hydrogen-bond acceptors (Lipinski definition) is 5. The van der Waals surface area contributed by atoms with Crippen LogP contribution in [0.1, 0.15) is 52.4 Å². The largest absolute Gasteiger partial charge is 0.487 e. The molecule has 8 heteroatoms. The van der Waals surface area contributed by atoms with E-state index >= 15 is 0 Å². The molecule has 0 N–H and O–H groups in total. The predicted octanol–water partition coefficient (Wildman–Crippen LogP) is 3.10. The number of benzene rings is 1. The molecular weight excluding hydrogens is 414 g/mol. The molecule has 31 heavy (non-hydrogen) atoms. The number of likely N-dealkylation sites (tertiary alicyclic amines) is 1. The van der Waals surface area contributed by atoms with E-state index in [4.69, 9.17) is 4.74 Å². The predicted molar refractivity (Wildman–Crippen MR) is 121 cm³/mol. The number of fused-ring (bicyclic) bond motifs is 1. The second-order valence-electron chi connectivity index (χ2n) is 9.25. The highest BCUT2D eigenvalue weighted by molar-refractivity contribution is 7.89. The minimum atomic E-state index is -3.59. The molecule has 2 saturated heterocycles. The smallest absolute Gasteiger partial charge is 0.243 e. The third kappa shape index (κ3) is 5.07. The number of sulfonamides is 1. The Hall–Kier alpha value is -1.64. The quantitative estimate of drug-likeness (QED) is 0.707. The maximum Gasteiger partial charge on any atom is 0.243 e. The minimum absolute atomic E-state index is 0.111. The maximum atomic E-state index is 13.3. The average Bonchev–Trinajstić information content (AvgIpc) is 3.01. The molecule has 1 aromatic carbocycles. The standard InChI is InChI=1S/C23H35N3O4S/c1-18-16-26(19(2)27)22-15-21(7-8-23(22)30-18)31(28,29)25-13-9-20(10-14-25)17-24-11-5-3-4-6-12-24/h7-8,15,18,20H,3-6,9-14,16-17H2,1-2H3/t18-/m1/s1. The van der Waals surface area contributed by atoms with Crippen molar-refractivity contribution >= 4 is 21.6 Å². The number of anilines is 1. The molecule has 0 aromatic heterocycles. The first-order valence-electron chi connectivity index (χ1n) is 11.7. The summed E-state index contributed by atoms with van der Waals surface area (Å²) in [6.07, 6.45) is 6.91. The number of hydrogen-bond donors (Lipinski definition) is 0. The molecule has 7 nitrogen and oxygen atoms in total. The molecule has 3 aliphatic rings. The fraction of sp³-hybridized carbons (Fsp3) is 0.696. The lowest BCUT2D eigenvalue weighted by molar-refractivity contribution is -0.117. The van der Waals surface area contributed by atoms with Crippen molar-refractivity contribution in [3.05, 3.63) is 18.2 Å². The Kier molecular flexibility index (Phi) is 6.89. The van der Waals surface area contributed by atoms with Crippen molar-refractivity contribution < 1.29 is 17.9 Å². The van der Waals surface area contributed by atoms with Crippen LogP contribution in [0.25, 0.3) is 0 Å². The van der Waals surface area contributed by atoms with Gasteiger partial charge < -0.3 is 14.5 Å². The number of amides is 1. The van der Waals surface area contributed by atoms with E-state index < -0.39 is 10.0 Å². The minimum Gasteiger partial charge on any atom is -0.487 e. The van der Waals surface area contributed by atoms with Gasteiger partial charge in [0.15, 0.2) is 0 Å². The fourth-order valence-corrected chi connectivity index (χ4v) is 6.53. The SMILES string of the molecule is CC(=O)N1C[C@@H](C)Oc2ccc(S(=O)(=O)N3CCC(CN4CCCCCC4)CC3)cc21. The first-order chi connectivity index (χ1) is 14.8. The number of ether oxygens (including phenoxy) is 1. The van der Waals surface area contributed by atoms with Crippen LogP contribution in [-0.4, -0.2) is 68.9 Å². The van der Waals surface area contributed by atoms with Crippen LogP contribution in [0.5, 0.6) is 5.75 Å². The van der Waals surface area contributed by atoms with Crippen molar-refractivity contribution in [3.8, 4) is 5.75 Å². The van der Waals surface area contributed by atoms with Gasteiger partial charge in [0.1, 0.15) is 11.9 Å². The lowest BCUT2D eigenvalue weighted by Gasteiger charge is -2.35. The Morgan fingerprint density at radius 2 is 1.74 bits per heavy atom. The van der Waals surface area contributed by atoms with E-state index in [1.807, 2.05) is 6.92 Å². The van der Waals surface area contributed by atoms with Gasteiger partial charge in [-0.1, -0.05) is 12.8 Å². The summed E-state index contributed by atoms with van der Waals surface area (Å²) in [5.74, 6) is 1.01. The van der Waals surface area contributed by atoms with Gasteiger partial charge >= 0.3 is 0 Å². The third-order valence-electron chi connectivity index (χ3n) is 6.80. The van der Waals surface area contributed by atoms with Gasteiger partial charge in [-0.2, -0.15) is 4.31 Å². The maximum absolute atomic E-state index is 13.3. The van der Waals surface area contributed by atoms with Gasteiger partial charge in [0.25, 0.3) is 0 Å². The van der Waals surface area contributed by atoms with Crippen molar-refractivity contribution in [2.24, 2.45) is 5.92 Å². The number of rotatable bonds is 4. The zero-order chi connectivity index (χ0) is 22.0. The number of carbonyl (C=O) groups is 1. The molecule has 1 aromatic rings. The lowest BCUT2D eigenvalue weighted by Crippen LogP contribution is -2.42. The molecule has 0 spiro atoms. The molecule has 1 atom stereocenters. The molecule has 3 aliphatic heterocycles. The van der Waals surface area contributed by atoms with Crippen LogP contribution in [-0.2, 0) is 14.8 Å². The van der Waals surface area contributed by atoms with Crippen LogP contribution in [0, 0.1) is 5.92 Å². The van der Waals surface area contributed by atoms with Gasteiger partial charge in [-0.25, -0.2) is 8.42 Å². The van der Waals surface area contributed by atoms with Crippen molar-refractivity contribution in [2.45, 2.75) is 63.4 Å². The summed E-state index contributed by atoms with van der Waals surface area (Å²) in [5.41, 5.74) is 0.544. The third-order valence-corrected chi connectivity index (χ3v) is 8.69. The Labute approximate surface area is 186 Å². The summed E-state index contributed by atoms with van der Waals surface area (Å²) in [5, 5.41) is 0. The molecule has 2 fully saturated rings. The number of piperidine rings is 1. The van der Waals surface area contributed by atoms with E-state index in [0.29, 0.717) is 37.0 Å². The van der Waals surface area contributed by atoms with Crippen LogP contribution >= 0.6 is 0 Å². The van der Waals surface area contributed by atoms with E-state index in [-0.39, 0.29) is 16.9 Å². The highest BCUT2D eigenvalue weighted by Crippen LogP contribution is 2.36. The first kappa shape index (κ1) is 22.6. The van der Waals surface area contributed by atoms with Crippen LogP contribution in [0.2, 0.25) is 0 Å². The van der Waals surface area contributed by atoms with Crippen molar-refractivity contribution in [2.75, 3.05) is 44.2 Å². The zero-order valence-electron chi connectivity index (χ0n) is 18.8. The molecular formula is C23H35N3O4S. The first-order valence-corrected chi connectivity index (χ1v) is 13.1. The lowest BCUT2D eigenvalue weighted by atomic mass is 9.97. The summed E-state index contributed by atoms with van der Waals surface area (Å²) in [4.78, 5) is 16.5. The molecule has 1 amide bonds. The normalized spacial score (nSPS) is 24.3. The number of nitrogens with zero attached hydrogens (tertiary/aromatic N) is 3. The van der Waals surface area contributed by atoms with Gasteiger partial charge in [-0.3, -0.25) is 4.79 Å². The highest BCUT2D eigenvalue weighted by atomic mass is 32.2. The summed E-state index contributed by atoms with van der Waals surface area (Å²) in [6, 6.07) is 4.88. The molecule has 0 aliphatic carbocycles. The monoisotopic (exact) mass is 449 g/mol. The van der Waals surface area contributed by atoms with Crippen LogP contribution < -0.4 is 9.64 Å². The van der Waals surface area contributed by atoms with Crippen LogP contribution in [0.4, 0.5) is 5.69 Å². The molecule has 0 unspecified atom stereocenters. The highest BCUT2D eigenvalue weighted by Gasteiger charge is 2.33. The van der Waals surface area contributed by atoms with Crippen molar-refractivity contribution in [1.82, 2.24) is 9.21 Å². The van der Waals surface area contributed by atoms with E-state index in [1.165, 1.54) is 45.7 Å². The van der Waals surface area contributed by atoms with Crippen molar-refractivity contribution in [3.63, 3.8) is 0 Å². The Morgan fingerprint density at radius 3 is 2.39 bits per heavy atom. The average molecular weight is 450 g/mol. The van der Waals surface area contributed by atoms with Gasteiger partial charge in [0.05, 0.1) is 17.1 Å². The summed E-state index contributed by atoms with van der Waals surface area (Å²) in [7, 11) is -3.59. The molecule has 0 radical (unpaired) electrons. The van der Waals surface area contributed by atoms with Gasteiger partial charge in [-0.15, -0.1) is 0 Å². The molecule has 0 saturated carbocycles. The van der Waals surface area contributed by atoms with Crippen molar-refractivity contribution in [1.29, 1.82) is 0 Å². The summed E-state index contributed by atoms with van der Waals surface area (Å²) >= 11 is 0. The second kappa shape index (κ2) is 9.46. The molecule has 3 heterocycles. The Morgan fingerprint density at radius 1 is 1.06 bits per heavy atom. The van der Waals surface area contributed by atoms with E-state index in [1.54, 1.807) is 27.4 Å². The fourth-order valence-electron chi connectivity index (χ4n) is 5.04. The van der Waals surface area contributed by atoms with E-state index in [9.17, 15) is 13.2 Å². The zero-order valence-corrected chi connectivity index (χ0v) is 19.6. The molecule has 0 bridgehead atoms. The molecule has 172 valence electrons. The van der Waals surface area contributed by atoms with Crippen LogP contribution in [0.15, 0.2) is 23.1 Å².